The summed E-state index contributed by atoms with van der Waals surface area (Å²) in [5.74, 6) is 1.21. The SMILES string of the molecule is COc1ccc(OC)c2c1CN(C(=O)Cc1coc3cc4c(cc13)CCC4)CC2O. The van der Waals surface area contributed by atoms with Crippen molar-refractivity contribution in [2.24, 2.45) is 0 Å². The smallest absolute Gasteiger partial charge is 0.227 e. The van der Waals surface area contributed by atoms with E-state index in [4.69, 9.17) is 13.9 Å². The van der Waals surface area contributed by atoms with E-state index in [9.17, 15) is 9.90 Å². The summed E-state index contributed by atoms with van der Waals surface area (Å²) in [4.78, 5) is 14.8. The van der Waals surface area contributed by atoms with E-state index in [2.05, 4.69) is 12.1 Å². The highest BCUT2D eigenvalue weighted by molar-refractivity contribution is 5.89. The lowest BCUT2D eigenvalue weighted by molar-refractivity contribution is -0.133. The van der Waals surface area contributed by atoms with E-state index in [0.29, 0.717) is 23.6 Å². The fourth-order valence-electron chi connectivity index (χ4n) is 4.83. The van der Waals surface area contributed by atoms with E-state index in [-0.39, 0.29) is 18.9 Å². The quantitative estimate of drug-likeness (QED) is 0.716. The molecule has 2 aliphatic rings. The fourth-order valence-corrected chi connectivity index (χ4v) is 4.83. The van der Waals surface area contributed by atoms with E-state index < -0.39 is 6.10 Å². The molecule has 1 N–H and O–H groups in total. The molecule has 0 bridgehead atoms. The molecule has 0 fully saturated rings. The molecule has 1 unspecified atom stereocenters. The van der Waals surface area contributed by atoms with Gasteiger partial charge < -0.3 is 23.9 Å². The number of furan rings is 1. The second kappa shape index (κ2) is 7.36. The van der Waals surface area contributed by atoms with Gasteiger partial charge in [0.25, 0.3) is 0 Å². The summed E-state index contributed by atoms with van der Waals surface area (Å²) in [6.07, 6.45) is 4.45. The van der Waals surface area contributed by atoms with Crippen LogP contribution < -0.4 is 9.47 Å². The van der Waals surface area contributed by atoms with Gasteiger partial charge in [-0.1, -0.05) is 0 Å². The largest absolute Gasteiger partial charge is 0.496 e. The monoisotopic (exact) mass is 407 g/mol. The van der Waals surface area contributed by atoms with Gasteiger partial charge in [-0.3, -0.25) is 4.79 Å². The van der Waals surface area contributed by atoms with Crippen LogP contribution in [0.15, 0.2) is 34.9 Å². The van der Waals surface area contributed by atoms with Crippen molar-refractivity contribution in [2.75, 3.05) is 20.8 Å². The normalized spacial score (nSPS) is 17.7. The van der Waals surface area contributed by atoms with Crippen LogP contribution in [0.4, 0.5) is 0 Å². The van der Waals surface area contributed by atoms with Crippen LogP contribution in [0.3, 0.4) is 0 Å². The molecular weight excluding hydrogens is 382 g/mol. The lowest BCUT2D eigenvalue weighted by Gasteiger charge is -2.34. The van der Waals surface area contributed by atoms with Gasteiger partial charge in [0.05, 0.1) is 33.4 Å². The highest BCUT2D eigenvalue weighted by atomic mass is 16.5. The molecule has 30 heavy (non-hydrogen) atoms. The number of aliphatic hydroxyl groups excluding tert-OH is 1. The first-order chi connectivity index (χ1) is 14.6. The van der Waals surface area contributed by atoms with Gasteiger partial charge in [0, 0.05) is 28.6 Å². The Labute approximate surface area is 175 Å². The minimum atomic E-state index is -0.827. The molecule has 156 valence electrons. The second-order valence-electron chi connectivity index (χ2n) is 8.06. The van der Waals surface area contributed by atoms with Gasteiger partial charge in [-0.25, -0.2) is 0 Å². The first-order valence-electron chi connectivity index (χ1n) is 10.3. The van der Waals surface area contributed by atoms with E-state index in [0.717, 1.165) is 34.9 Å². The third-order valence-electron chi connectivity index (χ3n) is 6.35. The standard InChI is InChI=1S/C24H25NO5/c1-28-20-6-7-21(29-2)24-18(20)11-25(12-19(24)26)23(27)10-16-13-30-22-9-15-5-3-4-14(15)8-17(16)22/h6-9,13,19,26H,3-5,10-12H2,1-2H3. The zero-order valence-corrected chi connectivity index (χ0v) is 17.2. The molecule has 2 aromatic carbocycles. The zero-order valence-electron chi connectivity index (χ0n) is 17.2. The summed E-state index contributed by atoms with van der Waals surface area (Å²) in [5, 5.41) is 11.8. The van der Waals surface area contributed by atoms with Gasteiger partial charge in [-0.05, 0) is 54.7 Å². The number of carbonyl (C=O) groups is 1. The summed E-state index contributed by atoms with van der Waals surface area (Å²) in [6, 6.07) is 7.89. The van der Waals surface area contributed by atoms with Crippen molar-refractivity contribution in [3.05, 3.63) is 58.3 Å². The van der Waals surface area contributed by atoms with Crippen LogP contribution in [0, 0.1) is 0 Å². The zero-order chi connectivity index (χ0) is 20.8. The number of fused-ring (bicyclic) bond motifs is 3. The van der Waals surface area contributed by atoms with Gasteiger partial charge >= 0.3 is 0 Å². The maximum atomic E-state index is 13.2. The Morgan fingerprint density at radius 3 is 2.67 bits per heavy atom. The number of ether oxygens (including phenoxy) is 2. The Bertz CT molecular complexity index is 1130. The summed E-state index contributed by atoms with van der Waals surface area (Å²) in [6.45, 7) is 0.595. The average molecular weight is 407 g/mol. The van der Waals surface area contributed by atoms with E-state index in [1.54, 1.807) is 31.4 Å². The molecule has 6 nitrogen and oxygen atoms in total. The Hall–Kier alpha value is -2.99. The number of methoxy groups -OCH3 is 2. The Balaban J connectivity index is 1.42. The molecule has 5 rings (SSSR count). The van der Waals surface area contributed by atoms with Gasteiger partial charge in [0.2, 0.25) is 5.91 Å². The molecule has 0 saturated heterocycles. The van der Waals surface area contributed by atoms with Crippen LogP contribution in [-0.2, 0) is 30.6 Å². The number of amides is 1. The molecule has 6 heteroatoms. The third-order valence-corrected chi connectivity index (χ3v) is 6.35. The molecule has 1 aliphatic carbocycles. The molecule has 1 atom stereocenters. The number of benzene rings is 2. The highest BCUT2D eigenvalue weighted by Gasteiger charge is 2.32. The van der Waals surface area contributed by atoms with E-state index >= 15 is 0 Å². The van der Waals surface area contributed by atoms with E-state index in [1.165, 1.54) is 17.5 Å². The van der Waals surface area contributed by atoms with Crippen molar-refractivity contribution in [3.63, 3.8) is 0 Å². The predicted molar refractivity (Wildman–Crippen MR) is 112 cm³/mol. The molecule has 3 aromatic rings. The van der Waals surface area contributed by atoms with Crippen molar-refractivity contribution in [3.8, 4) is 11.5 Å². The van der Waals surface area contributed by atoms with Gasteiger partial charge in [-0.15, -0.1) is 0 Å². The third kappa shape index (κ3) is 3.03. The number of hydrogen-bond acceptors (Lipinski definition) is 5. The average Bonchev–Trinajstić information content (AvgIpc) is 3.37. The molecule has 0 radical (unpaired) electrons. The van der Waals surface area contributed by atoms with Crippen LogP contribution in [0.1, 0.15) is 40.3 Å². The van der Waals surface area contributed by atoms with Crippen molar-refractivity contribution >= 4 is 16.9 Å². The van der Waals surface area contributed by atoms with Gasteiger partial charge in [0.1, 0.15) is 23.2 Å². The number of β-amino-alcohol motifs (C(OH)–C–C–N with tert-alkyl or cyclic N) is 1. The number of hydrogen-bond donors (Lipinski definition) is 1. The summed E-state index contributed by atoms with van der Waals surface area (Å²) in [7, 11) is 3.17. The molecular formula is C24H25NO5. The minimum absolute atomic E-state index is 0.0484. The summed E-state index contributed by atoms with van der Waals surface area (Å²) >= 11 is 0. The molecule has 1 aliphatic heterocycles. The second-order valence-corrected chi connectivity index (χ2v) is 8.06. The lowest BCUT2D eigenvalue weighted by atomic mass is 9.94. The fraction of sp³-hybridized carbons (Fsp3) is 0.375. The van der Waals surface area contributed by atoms with Crippen LogP contribution in [0.2, 0.25) is 0 Å². The number of rotatable bonds is 4. The Morgan fingerprint density at radius 1 is 1.17 bits per heavy atom. The minimum Gasteiger partial charge on any atom is -0.496 e. The highest BCUT2D eigenvalue weighted by Crippen LogP contribution is 2.39. The molecule has 1 amide bonds. The topological polar surface area (TPSA) is 72.1 Å². The maximum absolute atomic E-state index is 13.2. The first-order valence-corrected chi connectivity index (χ1v) is 10.3. The number of nitrogens with zero attached hydrogens (tertiary/aromatic N) is 1. The van der Waals surface area contributed by atoms with Crippen molar-refractivity contribution < 1.29 is 23.8 Å². The number of aliphatic hydroxyl groups is 1. The first kappa shape index (κ1) is 19.0. The predicted octanol–water partition coefficient (Wildman–Crippen LogP) is 3.56. The Kier molecular flexibility index (Phi) is 4.66. The summed E-state index contributed by atoms with van der Waals surface area (Å²) < 4.78 is 16.6. The molecule has 1 aromatic heterocycles. The maximum Gasteiger partial charge on any atom is 0.227 e. The lowest BCUT2D eigenvalue weighted by Crippen LogP contribution is -2.39. The molecule has 0 saturated carbocycles. The van der Waals surface area contributed by atoms with Crippen LogP contribution >= 0.6 is 0 Å². The van der Waals surface area contributed by atoms with Crippen LogP contribution in [0.25, 0.3) is 11.0 Å². The van der Waals surface area contributed by atoms with Crippen molar-refractivity contribution in [1.29, 1.82) is 0 Å². The van der Waals surface area contributed by atoms with Crippen LogP contribution in [0.5, 0.6) is 11.5 Å². The van der Waals surface area contributed by atoms with Crippen molar-refractivity contribution in [1.82, 2.24) is 4.90 Å². The van der Waals surface area contributed by atoms with E-state index in [1.807, 2.05) is 6.07 Å². The van der Waals surface area contributed by atoms with Gasteiger partial charge in [0.15, 0.2) is 0 Å². The number of aryl methyl sites for hydroxylation is 2. The molecule has 2 heterocycles. The summed E-state index contributed by atoms with van der Waals surface area (Å²) in [5.41, 5.74) is 5.93. The van der Waals surface area contributed by atoms with Gasteiger partial charge in [-0.2, -0.15) is 0 Å². The number of carbonyl (C=O) groups excluding carboxylic acids is 1. The van der Waals surface area contributed by atoms with Crippen molar-refractivity contribution in [2.45, 2.75) is 38.3 Å². The van der Waals surface area contributed by atoms with Crippen LogP contribution in [-0.4, -0.2) is 36.7 Å². The molecule has 0 spiro atoms. The Morgan fingerprint density at radius 2 is 1.90 bits per heavy atom.